The van der Waals surface area contributed by atoms with Gasteiger partial charge in [-0.3, -0.25) is 9.59 Å². The highest BCUT2D eigenvalue weighted by Gasteiger charge is 2.20. The van der Waals surface area contributed by atoms with Crippen LogP contribution in [0.3, 0.4) is 0 Å². The Labute approximate surface area is 109 Å². The molecule has 0 spiro atoms. The zero-order valence-electron chi connectivity index (χ0n) is 10.3. The number of aryl methyl sites for hydroxylation is 1. The molecule has 1 atom stereocenters. The van der Waals surface area contributed by atoms with E-state index in [4.69, 9.17) is 10.8 Å². The number of carbonyl (C=O) groups excluding carboxylic acids is 2. The first-order valence-electron chi connectivity index (χ1n) is 5.75. The fraction of sp³-hybridized carbons (Fsp3) is 0.455. The molecule has 0 saturated heterocycles. The van der Waals surface area contributed by atoms with Gasteiger partial charge in [0.15, 0.2) is 0 Å². The van der Waals surface area contributed by atoms with E-state index in [1.54, 1.807) is 23.3 Å². The SMILES string of the molecule is NC(=O)CCC(NC(=O)CCn1ccnc1)C(=O)O. The number of aromatic nitrogens is 2. The number of primary amides is 1. The van der Waals surface area contributed by atoms with E-state index >= 15 is 0 Å². The maximum atomic E-state index is 11.6. The van der Waals surface area contributed by atoms with Gasteiger partial charge in [0.1, 0.15) is 6.04 Å². The Bertz CT molecular complexity index is 444. The van der Waals surface area contributed by atoms with Gasteiger partial charge in [-0.1, -0.05) is 0 Å². The highest BCUT2D eigenvalue weighted by atomic mass is 16.4. The summed E-state index contributed by atoms with van der Waals surface area (Å²) in [7, 11) is 0. The molecule has 8 heteroatoms. The number of imidazole rings is 1. The molecule has 0 aromatic carbocycles. The second-order valence-electron chi connectivity index (χ2n) is 4.01. The van der Waals surface area contributed by atoms with Crippen LogP contribution in [-0.4, -0.2) is 38.5 Å². The average molecular weight is 268 g/mol. The molecule has 4 N–H and O–H groups in total. The standard InChI is InChI=1S/C11H16N4O4/c12-9(16)2-1-8(11(18)19)14-10(17)3-5-15-6-4-13-7-15/h4,6-8H,1-3,5H2,(H2,12,16)(H,14,17)(H,18,19). The Morgan fingerprint density at radius 2 is 2.11 bits per heavy atom. The third-order valence-corrected chi connectivity index (χ3v) is 2.47. The van der Waals surface area contributed by atoms with Crippen molar-refractivity contribution in [2.45, 2.75) is 31.8 Å². The highest BCUT2D eigenvalue weighted by molar-refractivity contribution is 5.84. The van der Waals surface area contributed by atoms with Crippen LogP contribution >= 0.6 is 0 Å². The predicted molar refractivity (Wildman–Crippen MR) is 64.8 cm³/mol. The molecule has 1 aromatic rings. The van der Waals surface area contributed by atoms with Crippen LogP contribution in [0.4, 0.5) is 0 Å². The van der Waals surface area contributed by atoms with Gasteiger partial charge in [-0.15, -0.1) is 0 Å². The zero-order valence-corrected chi connectivity index (χ0v) is 10.3. The molecular weight excluding hydrogens is 252 g/mol. The molecule has 8 nitrogen and oxygen atoms in total. The average Bonchev–Trinajstić information content (AvgIpc) is 2.84. The lowest BCUT2D eigenvalue weighted by molar-refractivity contribution is -0.142. The van der Waals surface area contributed by atoms with Crippen molar-refractivity contribution in [1.82, 2.24) is 14.9 Å². The van der Waals surface area contributed by atoms with Crippen molar-refractivity contribution >= 4 is 17.8 Å². The number of rotatable bonds is 8. The first-order chi connectivity index (χ1) is 8.99. The number of nitrogens with zero attached hydrogens (tertiary/aromatic N) is 2. The third-order valence-electron chi connectivity index (χ3n) is 2.47. The molecule has 0 fully saturated rings. The number of amides is 2. The number of nitrogens with two attached hydrogens (primary N) is 1. The van der Waals surface area contributed by atoms with Crippen LogP contribution in [0.2, 0.25) is 0 Å². The number of aliphatic carboxylic acids is 1. The van der Waals surface area contributed by atoms with Gasteiger partial charge in [-0.2, -0.15) is 0 Å². The van der Waals surface area contributed by atoms with Crippen LogP contribution in [0.5, 0.6) is 0 Å². The number of hydrogen-bond donors (Lipinski definition) is 3. The van der Waals surface area contributed by atoms with Crippen molar-refractivity contribution in [3.63, 3.8) is 0 Å². The normalized spacial score (nSPS) is 11.8. The summed E-state index contributed by atoms with van der Waals surface area (Å²) in [5.41, 5.74) is 4.94. The molecule has 0 bridgehead atoms. The molecule has 2 amide bonds. The van der Waals surface area contributed by atoms with Gasteiger partial charge >= 0.3 is 5.97 Å². The molecule has 104 valence electrons. The Kier molecular flexibility index (Phi) is 5.52. The minimum absolute atomic E-state index is 0.0124. The lowest BCUT2D eigenvalue weighted by Crippen LogP contribution is -2.41. The Hall–Kier alpha value is -2.38. The van der Waals surface area contributed by atoms with Crippen LogP contribution in [0.15, 0.2) is 18.7 Å². The first-order valence-corrected chi connectivity index (χ1v) is 5.75. The summed E-state index contributed by atoms with van der Waals surface area (Å²) >= 11 is 0. The number of carboxylic acids is 1. The van der Waals surface area contributed by atoms with Gasteiger partial charge in [0.25, 0.3) is 0 Å². The molecule has 1 rings (SSSR count). The summed E-state index contributed by atoms with van der Waals surface area (Å²) < 4.78 is 1.71. The van der Waals surface area contributed by atoms with E-state index < -0.39 is 23.8 Å². The van der Waals surface area contributed by atoms with Crippen LogP contribution < -0.4 is 11.1 Å². The van der Waals surface area contributed by atoms with E-state index in [1.807, 2.05) is 0 Å². The van der Waals surface area contributed by atoms with Gasteiger partial charge < -0.3 is 20.7 Å². The Morgan fingerprint density at radius 1 is 1.37 bits per heavy atom. The predicted octanol–water partition coefficient (Wildman–Crippen LogP) is -0.892. The summed E-state index contributed by atoms with van der Waals surface area (Å²) in [5, 5.41) is 11.3. The Morgan fingerprint density at radius 3 is 2.63 bits per heavy atom. The molecule has 1 heterocycles. The van der Waals surface area contributed by atoms with Crippen molar-refractivity contribution in [2.24, 2.45) is 5.73 Å². The number of carboxylic acid groups (broad SMARTS) is 1. The van der Waals surface area contributed by atoms with Crippen molar-refractivity contribution in [1.29, 1.82) is 0 Å². The third kappa shape index (κ3) is 5.66. The number of hydrogen-bond acceptors (Lipinski definition) is 4. The molecular formula is C11H16N4O4. The van der Waals surface area contributed by atoms with Gasteiger partial charge in [0, 0.05) is 31.8 Å². The van der Waals surface area contributed by atoms with Crippen LogP contribution in [0, 0.1) is 0 Å². The van der Waals surface area contributed by atoms with E-state index in [1.165, 1.54) is 0 Å². The fourth-order valence-corrected chi connectivity index (χ4v) is 1.46. The summed E-state index contributed by atoms with van der Waals surface area (Å²) in [6.07, 6.45) is 4.89. The van der Waals surface area contributed by atoms with Gasteiger partial charge in [-0.25, -0.2) is 9.78 Å². The minimum atomic E-state index is -1.18. The van der Waals surface area contributed by atoms with Crippen LogP contribution in [0.25, 0.3) is 0 Å². The van der Waals surface area contributed by atoms with Crippen molar-refractivity contribution in [3.05, 3.63) is 18.7 Å². The maximum Gasteiger partial charge on any atom is 0.326 e. The van der Waals surface area contributed by atoms with Crippen LogP contribution in [-0.2, 0) is 20.9 Å². The molecule has 0 radical (unpaired) electrons. The highest BCUT2D eigenvalue weighted by Crippen LogP contribution is 1.99. The second kappa shape index (κ2) is 7.14. The minimum Gasteiger partial charge on any atom is -0.480 e. The largest absolute Gasteiger partial charge is 0.480 e. The topological polar surface area (TPSA) is 127 Å². The van der Waals surface area contributed by atoms with Crippen molar-refractivity contribution in [2.75, 3.05) is 0 Å². The first kappa shape index (κ1) is 14.7. The monoisotopic (exact) mass is 268 g/mol. The van der Waals surface area contributed by atoms with E-state index in [2.05, 4.69) is 10.3 Å². The van der Waals surface area contributed by atoms with E-state index in [0.717, 1.165) is 0 Å². The molecule has 0 aliphatic heterocycles. The second-order valence-corrected chi connectivity index (χ2v) is 4.01. The smallest absolute Gasteiger partial charge is 0.326 e. The lowest BCUT2D eigenvalue weighted by Gasteiger charge is -2.13. The lowest BCUT2D eigenvalue weighted by atomic mass is 10.1. The zero-order chi connectivity index (χ0) is 14.3. The van der Waals surface area contributed by atoms with Crippen LogP contribution in [0.1, 0.15) is 19.3 Å². The molecule has 0 aliphatic carbocycles. The van der Waals surface area contributed by atoms with Gasteiger partial charge in [-0.05, 0) is 6.42 Å². The summed E-state index contributed by atoms with van der Waals surface area (Å²) in [5.74, 6) is -2.18. The van der Waals surface area contributed by atoms with E-state index in [-0.39, 0.29) is 19.3 Å². The van der Waals surface area contributed by atoms with Crippen molar-refractivity contribution < 1.29 is 19.5 Å². The quantitative estimate of drug-likeness (QED) is 0.563. The molecule has 19 heavy (non-hydrogen) atoms. The van der Waals surface area contributed by atoms with Gasteiger partial charge in [0.2, 0.25) is 11.8 Å². The molecule has 1 aromatic heterocycles. The van der Waals surface area contributed by atoms with Gasteiger partial charge in [0.05, 0.1) is 6.33 Å². The van der Waals surface area contributed by atoms with E-state index in [0.29, 0.717) is 6.54 Å². The fourth-order valence-electron chi connectivity index (χ4n) is 1.46. The summed E-state index contributed by atoms with van der Waals surface area (Å²) in [4.78, 5) is 36.9. The summed E-state index contributed by atoms with van der Waals surface area (Å²) in [6, 6.07) is -1.09. The summed E-state index contributed by atoms with van der Waals surface area (Å²) in [6.45, 7) is 0.411. The van der Waals surface area contributed by atoms with E-state index in [9.17, 15) is 14.4 Å². The molecule has 1 unspecified atom stereocenters. The number of nitrogens with one attached hydrogen (secondary N) is 1. The molecule has 0 aliphatic rings. The van der Waals surface area contributed by atoms with Crippen molar-refractivity contribution in [3.8, 4) is 0 Å². The maximum absolute atomic E-state index is 11.6. The molecule has 0 saturated carbocycles. The Balaban J connectivity index is 2.38. The number of carbonyl (C=O) groups is 3.